The standard InChI is InChI=1S/C17H19BrN2OS/c1-20(11-13-3-5-14(18)6-4-13)12-17(21)19-15-7-9-16(22-2)10-8-15/h3-10H,11-12H2,1-2H3,(H,19,21). The summed E-state index contributed by atoms with van der Waals surface area (Å²) >= 11 is 5.10. The topological polar surface area (TPSA) is 32.3 Å². The van der Waals surface area contributed by atoms with Gasteiger partial charge in [-0.15, -0.1) is 11.8 Å². The number of carbonyl (C=O) groups excluding carboxylic acids is 1. The monoisotopic (exact) mass is 378 g/mol. The van der Waals surface area contributed by atoms with Gasteiger partial charge in [0.05, 0.1) is 6.54 Å². The summed E-state index contributed by atoms with van der Waals surface area (Å²) in [5.41, 5.74) is 2.02. The number of amides is 1. The summed E-state index contributed by atoms with van der Waals surface area (Å²) in [4.78, 5) is 15.2. The molecule has 2 aromatic carbocycles. The Hall–Kier alpha value is -1.30. The van der Waals surface area contributed by atoms with Gasteiger partial charge in [0.2, 0.25) is 5.91 Å². The van der Waals surface area contributed by atoms with Crippen LogP contribution in [-0.4, -0.2) is 30.7 Å². The molecule has 5 heteroatoms. The third-order valence-corrected chi connectivity index (χ3v) is 4.43. The fourth-order valence-electron chi connectivity index (χ4n) is 2.08. The molecule has 0 atom stereocenters. The fraction of sp³-hybridized carbons (Fsp3) is 0.235. The highest BCUT2D eigenvalue weighted by molar-refractivity contribution is 9.10. The maximum absolute atomic E-state index is 12.1. The minimum atomic E-state index is -0.00323. The zero-order valence-corrected chi connectivity index (χ0v) is 15.1. The lowest BCUT2D eigenvalue weighted by molar-refractivity contribution is -0.117. The first-order valence-corrected chi connectivity index (χ1v) is 8.95. The van der Waals surface area contributed by atoms with Gasteiger partial charge < -0.3 is 5.32 Å². The SMILES string of the molecule is CSc1ccc(NC(=O)CN(C)Cc2ccc(Br)cc2)cc1. The molecule has 22 heavy (non-hydrogen) atoms. The van der Waals surface area contributed by atoms with Gasteiger partial charge in [-0.05, 0) is 55.3 Å². The second-order valence-electron chi connectivity index (χ2n) is 5.08. The van der Waals surface area contributed by atoms with Gasteiger partial charge >= 0.3 is 0 Å². The molecule has 0 spiro atoms. The summed E-state index contributed by atoms with van der Waals surface area (Å²) in [7, 11) is 1.94. The van der Waals surface area contributed by atoms with E-state index >= 15 is 0 Å². The predicted molar refractivity (Wildman–Crippen MR) is 97.3 cm³/mol. The quantitative estimate of drug-likeness (QED) is 0.762. The molecule has 2 rings (SSSR count). The molecule has 116 valence electrons. The summed E-state index contributed by atoms with van der Waals surface area (Å²) in [6.45, 7) is 1.10. The van der Waals surface area contributed by atoms with E-state index in [1.165, 1.54) is 10.5 Å². The van der Waals surface area contributed by atoms with Crippen LogP contribution in [0.15, 0.2) is 57.9 Å². The Morgan fingerprint density at radius 2 is 1.77 bits per heavy atom. The van der Waals surface area contributed by atoms with Crippen molar-refractivity contribution < 1.29 is 4.79 Å². The second-order valence-corrected chi connectivity index (χ2v) is 6.87. The van der Waals surface area contributed by atoms with Gasteiger partial charge in [-0.1, -0.05) is 28.1 Å². The summed E-state index contributed by atoms with van der Waals surface area (Å²) < 4.78 is 1.06. The van der Waals surface area contributed by atoms with Crippen LogP contribution in [0.4, 0.5) is 5.69 Å². The van der Waals surface area contributed by atoms with Crippen LogP contribution in [0.5, 0.6) is 0 Å². The number of likely N-dealkylation sites (N-methyl/N-ethyl adjacent to an activating group) is 1. The molecule has 0 aromatic heterocycles. The lowest BCUT2D eigenvalue weighted by Crippen LogP contribution is -2.29. The van der Waals surface area contributed by atoms with Crippen molar-refractivity contribution in [3.8, 4) is 0 Å². The number of thioether (sulfide) groups is 1. The van der Waals surface area contributed by atoms with Gasteiger partial charge in [-0.3, -0.25) is 9.69 Å². The molecular weight excluding hydrogens is 360 g/mol. The molecule has 1 amide bonds. The molecule has 0 saturated heterocycles. The average Bonchev–Trinajstić information content (AvgIpc) is 2.50. The Bertz CT molecular complexity index is 614. The fourth-order valence-corrected chi connectivity index (χ4v) is 2.75. The van der Waals surface area contributed by atoms with E-state index in [0.29, 0.717) is 6.54 Å². The first-order chi connectivity index (χ1) is 10.6. The summed E-state index contributed by atoms with van der Waals surface area (Å²) in [5, 5.41) is 2.92. The smallest absolute Gasteiger partial charge is 0.238 e. The van der Waals surface area contributed by atoms with Crippen LogP contribution in [0.3, 0.4) is 0 Å². The largest absolute Gasteiger partial charge is 0.325 e. The van der Waals surface area contributed by atoms with E-state index in [0.717, 1.165) is 16.7 Å². The highest BCUT2D eigenvalue weighted by atomic mass is 79.9. The van der Waals surface area contributed by atoms with Gasteiger partial charge in [0.1, 0.15) is 0 Å². The first kappa shape index (κ1) is 17.1. The molecule has 0 unspecified atom stereocenters. The Morgan fingerprint density at radius 3 is 2.36 bits per heavy atom. The van der Waals surface area contributed by atoms with Crippen LogP contribution in [0.1, 0.15) is 5.56 Å². The van der Waals surface area contributed by atoms with E-state index < -0.39 is 0 Å². The molecule has 0 fully saturated rings. The molecule has 1 N–H and O–H groups in total. The third-order valence-electron chi connectivity index (χ3n) is 3.15. The van der Waals surface area contributed by atoms with Crippen LogP contribution in [-0.2, 0) is 11.3 Å². The minimum Gasteiger partial charge on any atom is -0.325 e. The number of rotatable bonds is 6. The van der Waals surface area contributed by atoms with E-state index in [1.807, 2.05) is 54.6 Å². The molecule has 2 aromatic rings. The van der Waals surface area contributed by atoms with Crippen molar-refractivity contribution >= 4 is 39.3 Å². The summed E-state index contributed by atoms with van der Waals surface area (Å²) in [5.74, 6) is -0.00323. The average molecular weight is 379 g/mol. The number of anilines is 1. The Kier molecular flexibility index (Phi) is 6.49. The van der Waals surface area contributed by atoms with Crippen molar-refractivity contribution in [2.75, 3.05) is 25.2 Å². The molecule has 0 aliphatic carbocycles. The highest BCUT2D eigenvalue weighted by Gasteiger charge is 2.07. The van der Waals surface area contributed by atoms with Crippen molar-refractivity contribution in [1.82, 2.24) is 4.90 Å². The summed E-state index contributed by atoms with van der Waals surface area (Å²) in [6, 6.07) is 16.0. The van der Waals surface area contributed by atoms with Crippen LogP contribution >= 0.6 is 27.7 Å². The van der Waals surface area contributed by atoms with Gasteiger partial charge in [-0.25, -0.2) is 0 Å². The van der Waals surface area contributed by atoms with Crippen LogP contribution in [0.25, 0.3) is 0 Å². The predicted octanol–water partition coefficient (Wildman–Crippen LogP) is 4.24. The van der Waals surface area contributed by atoms with Crippen molar-refractivity contribution in [3.63, 3.8) is 0 Å². The molecule has 0 heterocycles. The number of halogens is 1. The Labute approximate surface area is 144 Å². The van der Waals surface area contributed by atoms with Crippen molar-refractivity contribution in [3.05, 3.63) is 58.6 Å². The van der Waals surface area contributed by atoms with Crippen molar-refractivity contribution in [2.45, 2.75) is 11.4 Å². The van der Waals surface area contributed by atoms with Gasteiger partial charge in [0, 0.05) is 21.6 Å². The Balaban J connectivity index is 1.83. The molecular formula is C17H19BrN2OS. The van der Waals surface area contributed by atoms with Crippen LogP contribution in [0.2, 0.25) is 0 Å². The Morgan fingerprint density at radius 1 is 1.14 bits per heavy atom. The normalized spacial score (nSPS) is 10.7. The van der Waals surface area contributed by atoms with E-state index in [4.69, 9.17) is 0 Å². The zero-order valence-electron chi connectivity index (χ0n) is 12.7. The number of hydrogen-bond donors (Lipinski definition) is 1. The second kappa shape index (κ2) is 8.36. The number of nitrogens with zero attached hydrogens (tertiary/aromatic N) is 1. The molecule has 3 nitrogen and oxygen atoms in total. The van der Waals surface area contributed by atoms with Crippen molar-refractivity contribution in [1.29, 1.82) is 0 Å². The number of hydrogen-bond acceptors (Lipinski definition) is 3. The van der Waals surface area contributed by atoms with Crippen LogP contribution < -0.4 is 5.32 Å². The number of benzene rings is 2. The van der Waals surface area contributed by atoms with Crippen molar-refractivity contribution in [2.24, 2.45) is 0 Å². The van der Waals surface area contributed by atoms with E-state index in [1.54, 1.807) is 11.8 Å². The molecule has 0 radical (unpaired) electrons. The number of nitrogens with one attached hydrogen (secondary N) is 1. The van der Waals surface area contributed by atoms with Crippen LogP contribution in [0, 0.1) is 0 Å². The van der Waals surface area contributed by atoms with Gasteiger partial charge in [-0.2, -0.15) is 0 Å². The summed E-state index contributed by atoms with van der Waals surface area (Å²) in [6.07, 6.45) is 2.03. The maximum atomic E-state index is 12.1. The first-order valence-electron chi connectivity index (χ1n) is 6.93. The van der Waals surface area contributed by atoms with E-state index in [-0.39, 0.29) is 5.91 Å². The maximum Gasteiger partial charge on any atom is 0.238 e. The molecule has 0 saturated carbocycles. The minimum absolute atomic E-state index is 0.00323. The third kappa shape index (κ3) is 5.48. The van der Waals surface area contributed by atoms with Gasteiger partial charge in [0.25, 0.3) is 0 Å². The molecule has 0 bridgehead atoms. The lowest BCUT2D eigenvalue weighted by atomic mass is 10.2. The van der Waals surface area contributed by atoms with Gasteiger partial charge in [0.15, 0.2) is 0 Å². The molecule has 0 aliphatic rings. The highest BCUT2D eigenvalue weighted by Crippen LogP contribution is 2.17. The lowest BCUT2D eigenvalue weighted by Gasteiger charge is -2.16. The van der Waals surface area contributed by atoms with E-state index in [9.17, 15) is 4.79 Å². The van der Waals surface area contributed by atoms with E-state index in [2.05, 4.69) is 33.4 Å². The molecule has 0 aliphatic heterocycles. The zero-order chi connectivity index (χ0) is 15.9. The number of carbonyl (C=O) groups is 1.